The van der Waals surface area contributed by atoms with Crippen molar-refractivity contribution in [2.75, 3.05) is 5.32 Å². The van der Waals surface area contributed by atoms with E-state index in [4.69, 9.17) is 0 Å². The molecule has 0 radical (unpaired) electrons. The molecule has 0 aliphatic carbocycles. The van der Waals surface area contributed by atoms with E-state index < -0.39 is 0 Å². The Morgan fingerprint density at radius 2 is 1.86 bits per heavy atom. The summed E-state index contributed by atoms with van der Waals surface area (Å²) >= 11 is 0. The molecule has 7 nitrogen and oxygen atoms in total. The molecule has 3 aromatic rings. The molecule has 150 valence electrons. The summed E-state index contributed by atoms with van der Waals surface area (Å²) < 4.78 is 1.71. The first-order chi connectivity index (χ1) is 13.9. The van der Waals surface area contributed by atoms with E-state index in [1.54, 1.807) is 17.1 Å². The molecule has 2 amide bonds. The lowest BCUT2D eigenvalue weighted by Crippen LogP contribution is -2.27. The number of nitrogens with zero attached hydrogens (tertiary/aromatic N) is 3. The van der Waals surface area contributed by atoms with Gasteiger partial charge in [0.15, 0.2) is 5.82 Å². The zero-order valence-electron chi connectivity index (χ0n) is 17.0. The van der Waals surface area contributed by atoms with Crippen LogP contribution in [0.4, 0.5) is 5.69 Å². The number of anilines is 1. The maximum atomic E-state index is 13.0. The van der Waals surface area contributed by atoms with Crippen LogP contribution in [-0.2, 0) is 4.79 Å². The predicted octanol–water partition coefficient (Wildman–Crippen LogP) is 3.84. The number of rotatable bonds is 6. The van der Waals surface area contributed by atoms with Crippen molar-refractivity contribution in [3.8, 4) is 5.82 Å². The molecule has 29 heavy (non-hydrogen) atoms. The number of carbonyl (C=O) groups excluding carboxylic acids is 2. The van der Waals surface area contributed by atoms with Crippen LogP contribution in [0.2, 0.25) is 0 Å². The largest absolute Gasteiger partial charge is 0.345 e. The van der Waals surface area contributed by atoms with Crippen molar-refractivity contribution in [3.63, 3.8) is 0 Å². The summed E-state index contributed by atoms with van der Waals surface area (Å²) in [6.07, 6.45) is 3.28. The number of hydrogen-bond donors (Lipinski definition) is 2. The number of carbonyl (C=O) groups is 2. The van der Waals surface area contributed by atoms with Gasteiger partial charge in [0.25, 0.3) is 5.91 Å². The minimum atomic E-state index is -0.241. The third-order valence-corrected chi connectivity index (χ3v) is 4.52. The third kappa shape index (κ3) is 4.68. The van der Waals surface area contributed by atoms with Gasteiger partial charge in [0.05, 0.1) is 23.5 Å². The van der Waals surface area contributed by atoms with Crippen molar-refractivity contribution in [1.82, 2.24) is 20.1 Å². The van der Waals surface area contributed by atoms with Gasteiger partial charge in [-0.05, 0) is 42.7 Å². The molecule has 0 saturated heterocycles. The summed E-state index contributed by atoms with van der Waals surface area (Å²) in [6, 6.07) is 12.8. The van der Waals surface area contributed by atoms with E-state index in [2.05, 4.69) is 20.7 Å². The highest BCUT2D eigenvalue weighted by Gasteiger charge is 2.22. The van der Waals surface area contributed by atoms with E-state index in [1.165, 1.54) is 6.92 Å². The number of nitrogens with one attached hydrogen (secondary N) is 2. The minimum absolute atomic E-state index is 0.0821. The number of hydrogen-bond acceptors (Lipinski definition) is 4. The summed E-state index contributed by atoms with van der Waals surface area (Å²) in [5.41, 5.74) is 2.92. The number of amides is 2. The molecule has 0 fully saturated rings. The second-order valence-electron chi connectivity index (χ2n) is 7.20. The van der Waals surface area contributed by atoms with Gasteiger partial charge in [-0.25, -0.2) is 9.67 Å². The fourth-order valence-electron chi connectivity index (χ4n) is 3.20. The normalized spacial score (nSPS) is 11.9. The van der Waals surface area contributed by atoms with Crippen molar-refractivity contribution in [3.05, 3.63) is 71.7 Å². The molecule has 2 N–H and O–H groups in total. The molecule has 1 atom stereocenters. The Bertz CT molecular complexity index is 1010. The fraction of sp³-hybridized carbons (Fsp3) is 0.273. The van der Waals surface area contributed by atoms with Gasteiger partial charge >= 0.3 is 0 Å². The van der Waals surface area contributed by atoms with Crippen LogP contribution in [0.25, 0.3) is 5.82 Å². The number of pyridine rings is 1. The summed E-state index contributed by atoms with van der Waals surface area (Å²) in [6.45, 7) is 7.41. The number of aromatic nitrogens is 3. The molecule has 7 heteroatoms. The Balaban J connectivity index is 1.84. The third-order valence-electron chi connectivity index (χ3n) is 4.52. The molecule has 0 saturated carbocycles. The van der Waals surface area contributed by atoms with Gasteiger partial charge in [-0.2, -0.15) is 5.10 Å². The summed E-state index contributed by atoms with van der Waals surface area (Å²) in [5.74, 6) is 0.417. The van der Waals surface area contributed by atoms with Crippen LogP contribution in [-0.4, -0.2) is 26.6 Å². The molecular weight excluding hydrogens is 366 g/mol. The van der Waals surface area contributed by atoms with E-state index in [1.807, 2.05) is 63.2 Å². The Hall–Kier alpha value is -3.48. The molecule has 0 bridgehead atoms. The lowest BCUT2D eigenvalue weighted by molar-refractivity contribution is -0.114. The second-order valence-corrected chi connectivity index (χ2v) is 7.20. The van der Waals surface area contributed by atoms with Crippen molar-refractivity contribution >= 4 is 17.5 Å². The van der Waals surface area contributed by atoms with Crippen LogP contribution in [0.1, 0.15) is 61.3 Å². The quantitative estimate of drug-likeness (QED) is 0.668. The Labute approximate surface area is 170 Å². The Kier molecular flexibility index (Phi) is 6.07. The monoisotopic (exact) mass is 391 g/mol. The van der Waals surface area contributed by atoms with Crippen LogP contribution < -0.4 is 10.6 Å². The first-order valence-electron chi connectivity index (χ1n) is 9.54. The lowest BCUT2D eigenvalue weighted by Gasteiger charge is -2.17. The summed E-state index contributed by atoms with van der Waals surface area (Å²) in [4.78, 5) is 28.6. The van der Waals surface area contributed by atoms with Crippen molar-refractivity contribution in [1.29, 1.82) is 0 Å². The predicted molar refractivity (Wildman–Crippen MR) is 112 cm³/mol. The molecule has 3 rings (SSSR count). The van der Waals surface area contributed by atoms with E-state index in [0.29, 0.717) is 17.1 Å². The van der Waals surface area contributed by atoms with Gasteiger partial charge < -0.3 is 10.6 Å². The molecular formula is C22H25N5O2. The Morgan fingerprint density at radius 1 is 1.07 bits per heavy atom. The minimum Gasteiger partial charge on any atom is -0.345 e. The lowest BCUT2D eigenvalue weighted by atomic mass is 10.0. The van der Waals surface area contributed by atoms with Gasteiger partial charge in [0.2, 0.25) is 5.91 Å². The van der Waals surface area contributed by atoms with Crippen molar-refractivity contribution < 1.29 is 9.59 Å². The summed E-state index contributed by atoms with van der Waals surface area (Å²) in [5, 5.41) is 10.2. The molecule has 1 aromatic carbocycles. The second kappa shape index (κ2) is 8.68. The zero-order valence-corrected chi connectivity index (χ0v) is 17.0. The average molecular weight is 391 g/mol. The van der Waals surface area contributed by atoms with Gasteiger partial charge in [-0.15, -0.1) is 0 Å². The first kappa shape index (κ1) is 20.3. The SMILES string of the molecule is CC(=O)Nc1cccc([C@H](C)NC(=O)c2cnn(-c3ccccn3)c2C(C)C)c1. The van der Waals surface area contributed by atoms with Crippen LogP contribution >= 0.6 is 0 Å². The first-order valence-corrected chi connectivity index (χ1v) is 9.54. The van der Waals surface area contributed by atoms with E-state index in [9.17, 15) is 9.59 Å². The van der Waals surface area contributed by atoms with Crippen LogP contribution in [0.15, 0.2) is 54.9 Å². The van der Waals surface area contributed by atoms with E-state index >= 15 is 0 Å². The summed E-state index contributed by atoms with van der Waals surface area (Å²) in [7, 11) is 0. The van der Waals surface area contributed by atoms with Gasteiger partial charge in [0, 0.05) is 18.8 Å². The van der Waals surface area contributed by atoms with Gasteiger partial charge in [-0.3, -0.25) is 9.59 Å². The van der Waals surface area contributed by atoms with Crippen LogP contribution in [0, 0.1) is 0 Å². The number of benzene rings is 1. The van der Waals surface area contributed by atoms with Gasteiger partial charge in [-0.1, -0.05) is 32.0 Å². The molecule has 0 spiro atoms. The van der Waals surface area contributed by atoms with Crippen LogP contribution in [0.5, 0.6) is 0 Å². The van der Waals surface area contributed by atoms with Gasteiger partial charge in [0.1, 0.15) is 0 Å². The highest BCUT2D eigenvalue weighted by atomic mass is 16.2. The van der Waals surface area contributed by atoms with Crippen molar-refractivity contribution in [2.45, 2.75) is 39.7 Å². The zero-order chi connectivity index (χ0) is 21.0. The molecule has 0 unspecified atom stereocenters. The standard InChI is InChI=1S/C22H25N5O2/c1-14(2)21-19(13-24-27(21)20-10-5-6-11-23-20)22(29)25-15(3)17-8-7-9-18(12-17)26-16(4)28/h5-15H,1-4H3,(H,25,29)(H,26,28)/t15-/m0/s1. The molecule has 0 aliphatic rings. The van der Waals surface area contributed by atoms with Crippen molar-refractivity contribution in [2.24, 2.45) is 0 Å². The smallest absolute Gasteiger partial charge is 0.255 e. The highest BCUT2D eigenvalue weighted by Crippen LogP contribution is 2.24. The fourth-order valence-corrected chi connectivity index (χ4v) is 3.20. The topological polar surface area (TPSA) is 88.9 Å². The highest BCUT2D eigenvalue weighted by molar-refractivity contribution is 5.95. The van der Waals surface area contributed by atoms with E-state index in [-0.39, 0.29) is 23.8 Å². The molecule has 0 aliphatic heterocycles. The molecule has 2 heterocycles. The molecule has 2 aromatic heterocycles. The maximum Gasteiger partial charge on any atom is 0.255 e. The average Bonchev–Trinajstić information content (AvgIpc) is 3.14. The maximum absolute atomic E-state index is 13.0. The Morgan fingerprint density at radius 3 is 2.52 bits per heavy atom. The van der Waals surface area contributed by atoms with E-state index in [0.717, 1.165) is 11.3 Å². The van der Waals surface area contributed by atoms with Crippen LogP contribution in [0.3, 0.4) is 0 Å².